The van der Waals surface area contributed by atoms with Crippen LogP contribution >= 0.6 is 0 Å². The molecule has 3 rings (SSSR count). The molecule has 32 heavy (non-hydrogen) atoms. The molecule has 0 fully saturated rings. The van der Waals surface area contributed by atoms with Crippen molar-refractivity contribution in [3.63, 3.8) is 0 Å². The van der Waals surface area contributed by atoms with Crippen LogP contribution in [0.3, 0.4) is 0 Å². The minimum absolute atomic E-state index is 0.00504. The Morgan fingerprint density at radius 3 is 2.25 bits per heavy atom. The molecular formula is C21H20F3N5O3. The SMILES string of the molecule is Cc1ncc(-c2nc(C(=O)NCC(C)(C)O)cc(-c3ccc(OC(F)(F)F)cc3)n2)cn1. The Kier molecular flexibility index (Phi) is 6.40. The number of benzene rings is 1. The zero-order valence-corrected chi connectivity index (χ0v) is 17.4. The number of alkyl halides is 3. The van der Waals surface area contributed by atoms with Crippen LogP contribution in [0.5, 0.6) is 5.75 Å². The summed E-state index contributed by atoms with van der Waals surface area (Å²) in [6.45, 7) is 4.77. The second-order valence-corrected chi connectivity index (χ2v) is 7.55. The molecule has 0 aliphatic carbocycles. The van der Waals surface area contributed by atoms with E-state index in [-0.39, 0.29) is 23.8 Å². The van der Waals surface area contributed by atoms with Gasteiger partial charge in [0.05, 0.1) is 16.9 Å². The molecule has 0 atom stereocenters. The van der Waals surface area contributed by atoms with Gasteiger partial charge in [-0.3, -0.25) is 4.79 Å². The topological polar surface area (TPSA) is 110 Å². The average Bonchev–Trinajstić information content (AvgIpc) is 2.71. The molecule has 3 aromatic rings. The van der Waals surface area contributed by atoms with Gasteiger partial charge >= 0.3 is 6.36 Å². The zero-order chi connectivity index (χ0) is 23.5. The van der Waals surface area contributed by atoms with Crippen molar-refractivity contribution in [1.82, 2.24) is 25.3 Å². The third-order valence-corrected chi connectivity index (χ3v) is 4.06. The fourth-order valence-corrected chi connectivity index (χ4v) is 2.56. The lowest BCUT2D eigenvalue weighted by atomic mass is 10.1. The van der Waals surface area contributed by atoms with Crippen molar-refractivity contribution in [2.24, 2.45) is 0 Å². The molecule has 168 valence electrons. The summed E-state index contributed by atoms with van der Waals surface area (Å²) in [5.74, 6) is -0.243. The molecule has 1 amide bonds. The highest BCUT2D eigenvalue weighted by molar-refractivity contribution is 5.93. The Morgan fingerprint density at radius 1 is 1.06 bits per heavy atom. The Balaban J connectivity index is 2.00. The second-order valence-electron chi connectivity index (χ2n) is 7.55. The van der Waals surface area contributed by atoms with Crippen LogP contribution in [0.4, 0.5) is 13.2 Å². The van der Waals surface area contributed by atoms with Gasteiger partial charge in [-0.2, -0.15) is 0 Å². The van der Waals surface area contributed by atoms with Crippen molar-refractivity contribution in [2.75, 3.05) is 6.54 Å². The predicted octanol–water partition coefficient (Wildman–Crippen LogP) is 3.31. The number of ether oxygens (including phenoxy) is 1. The molecule has 0 unspecified atom stereocenters. The summed E-state index contributed by atoms with van der Waals surface area (Å²) >= 11 is 0. The summed E-state index contributed by atoms with van der Waals surface area (Å²) in [4.78, 5) is 29.5. The number of hydrogen-bond donors (Lipinski definition) is 2. The summed E-state index contributed by atoms with van der Waals surface area (Å²) in [6, 6.07) is 6.47. The number of carbonyl (C=O) groups excluding carboxylic acids is 1. The third-order valence-electron chi connectivity index (χ3n) is 4.06. The maximum atomic E-state index is 12.6. The fraction of sp³-hybridized carbons (Fsp3) is 0.286. The van der Waals surface area contributed by atoms with Crippen LogP contribution in [-0.2, 0) is 0 Å². The van der Waals surface area contributed by atoms with E-state index in [0.717, 1.165) is 12.1 Å². The van der Waals surface area contributed by atoms with Crippen molar-refractivity contribution in [2.45, 2.75) is 32.7 Å². The third kappa shape index (κ3) is 6.45. The molecule has 2 aromatic heterocycles. The molecule has 8 nitrogen and oxygen atoms in total. The van der Waals surface area contributed by atoms with E-state index in [1.165, 1.54) is 30.6 Å². The largest absolute Gasteiger partial charge is 0.573 e. The number of rotatable bonds is 6. The van der Waals surface area contributed by atoms with Crippen molar-refractivity contribution in [3.05, 3.63) is 54.2 Å². The van der Waals surface area contributed by atoms with Gasteiger partial charge < -0.3 is 15.2 Å². The maximum Gasteiger partial charge on any atom is 0.573 e. The lowest BCUT2D eigenvalue weighted by Crippen LogP contribution is -2.38. The van der Waals surface area contributed by atoms with Crippen LogP contribution in [0.1, 0.15) is 30.2 Å². The monoisotopic (exact) mass is 447 g/mol. The van der Waals surface area contributed by atoms with E-state index in [0.29, 0.717) is 22.6 Å². The van der Waals surface area contributed by atoms with Gasteiger partial charge in [0.15, 0.2) is 5.82 Å². The van der Waals surface area contributed by atoms with Crippen molar-refractivity contribution in [1.29, 1.82) is 0 Å². The summed E-state index contributed by atoms with van der Waals surface area (Å²) in [7, 11) is 0. The van der Waals surface area contributed by atoms with Gasteiger partial charge in [-0.15, -0.1) is 13.2 Å². The highest BCUT2D eigenvalue weighted by Crippen LogP contribution is 2.27. The number of aromatic nitrogens is 4. The van der Waals surface area contributed by atoms with Crippen LogP contribution < -0.4 is 10.1 Å². The normalized spacial score (nSPS) is 11.8. The fourth-order valence-electron chi connectivity index (χ4n) is 2.56. The molecule has 1 aromatic carbocycles. The molecule has 2 heterocycles. The van der Waals surface area contributed by atoms with E-state index < -0.39 is 17.9 Å². The first kappa shape index (κ1) is 23.1. The van der Waals surface area contributed by atoms with Crippen LogP contribution in [0.2, 0.25) is 0 Å². The van der Waals surface area contributed by atoms with Gasteiger partial charge in [0.25, 0.3) is 5.91 Å². The Labute approximate surface area is 181 Å². The minimum Gasteiger partial charge on any atom is -0.406 e. The summed E-state index contributed by atoms with van der Waals surface area (Å²) in [5, 5.41) is 12.4. The molecule has 11 heteroatoms. The van der Waals surface area contributed by atoms with Crippen LogP contribution in [0.25, 0.3) is 22.6 Å². The maximum absolute atomic E-state index is 12.6. The number of carbonyl (C=O) groups is 1. The predicted molar refractivity (Wildman–Crippen MR) is 109 cm³/mol. The van der Waals surface area contributed by atoms with E-state index >= 15 is 0 Å². The summed E-state index contributed by atoms with van der Waals surface area (Å²) in [6.07, 6.45) is -1.80. The molecule has 0 radical (unpaired) electrons. The van der Waals surface area contributed by atoms with Gasteiger partial charge in [0.1, 0.15) is 17.3 Å². The van der Waals surface area contributed by atoms with Gasteiger partial charge in [-0.25, -0.2) is 19.9 Å². The molecular weight excluding hydrogens is 427 g/mol. The van der Waals surface area contributed by atoms with Gasteiger partial charge in [0.2, 0.25) is 0 Å². The summed E-state index contributed by atoms with van der Waals surface area (Å²) < 4.78 is 41.1. The highest BCUT2D eigenvalue weighted by atomic mass is 19.4. The number of aliphatic hydroxyl groups is 1. The first-order valence-corrected chi connectivity index (χ1v) is 9.44. The van der Waals surface area contributed by atoms with Crippen molar-refractivity contribution < 1.29 is 27.8 Å². The van der Waals surface area contributed by atoms with E-state index in [2.05, 4.69) is 30.0 Å². The number of amides is 1. The smallest absolute Gasteiger partial charge is 0.406 e. The number of nitrogens with zero attached hydrogens (tertiary/aromatic N) is 4. The van der Waals surface area contributed by atoms with E-state index in [1.54, 1.807) is 20.8 Å². The second kappa shape index (κ2) is 8.87. The first-order valence-electron chi connectivity index (χ1n) is 9.44. The van der Waals surface area contributed by atoms with E-state index in [1.807, 2.05) is 0 Å². The van der Waals surface area contributed by atoms with Gasteiger partial charge in [0, 0.05) is 24.5 Å². The number of aryl methyl sites for hydroxylation is 1. The van der Waals surface area contributed by atoms with E-state index in [9.17, 15) is 23.1 Å². The average molecular weight is 447 g/mol. The molecule has 0 bridgehead atoms. The lowest BCUT2D eigenvalue weighted by molar-refractivity contribution is -0.274. The Morgan fingerprint density at radius 2 is 1.69 bits per heavy atom. The summed E-state index contributed by atoms with van der Waals surface area (Å²) in [5.41, 5.74) is 0.0553. The first-order chi connectivity index (χ1) is 14.9. The Hall–Kier alpha value is -3.60. The molecule has 0 saturated carbocycles. The number of hydrogen-bond acceptors (Lipinski definition) is 7. The van der Waals surface area contributed by atoms with E-state index in [4.69, 9.17) is 0 Å². The highest BCUT2D eigenvalue weighted by Gasteiger charge is 2.31. The van der Waals surface area contributed by atoms with Crippen LogP contribution in [-0.4, -0.2) is 49.5 Å². The molecule has 0 aliphatic heterocycles. The molecule has 0 saturated heterocycles. The van der Waals surface area contributed by atoms with Crippen LogP contribution in [0.15, 0.2) is 42.7 Å². The standard InChI is InChI=1S/C21H20F3N5O3/c1-12-25-9-14(10-26-12)18-28-16(8-17(29-18)19(30)27-11-20(2,3)31)13-4-6-15(7-5-13)32-21(22,23)24/h4-10,31H,11H2,1-3H3,(H,27,30). The minimum atomic E-state index is -4.80. The molecule has 0 spiro atoms. The lowest BCUT2D eigenvalue weighted by Gasteiger charge is -2.17. The van der Waals surface area contributed by atoms with Crippen molar-refractivity contribution >= 4 is 5.91 Å². The van der Waals surface area contributed by atoms with Crippen LogP contribution in [0, 0.1) is 6.92 Å². The molecule has 2 N–H and O–H groups in total. The Bertz CT molecular complexity index is 1100. The van der Waals surface area contributed by atoms with Gasteiger partial charge in [-0.05, 0) is 51.1 Å². The quantitative estimate of drug-likeness (QED) is 0.597. The molecule has 0 aliphatic rings. The zero-order valence-electron chi connectivity index (χ0n) is 17.4. The van der Waals surface area contributed by atoms with Crippen molar-refractivity contribution in [3.8, 4) is 28.4 Å². The number of halogens is 3. The number of nitrogens with one attached hydrogen (secondary N) is 1. The van der Waals surface area contributed by atoms with Gasteiger partial charge in [-0.1, -0.05) is 0 Å².